The minimum atomic E-state index is 0.204. The van der Waals surface area contributed by atoms with Crippen LogP contribution in [-0.2, 0) is 0 Å². The fourth-order valence-corrected chi connectivity index (χ4v) is 3.44. The summed E-state index contributed by atoms with van der Waals surface area (Å²) in [5.41, 5.74) is 0.858. The molecule has 110 valence electrons. The molecule has 1 aromatic carbocycles. The molecule has 1 aliphatic rings. The summed E-state index contributed by atoms with van der Waals surface area (Å²) < 4.78 is 0. The van der Waals surface area contributed by atoms with Gasteiger partial charge in [-0.15, -0.1) is 11.8 Å². The van der Waals surface area contributed by atoms with Crippen LogP contribution in [-0.4, -0.2) is 43.2 Å². The number of rotatable bonds is 5. The number of amides is 1. The summed E-state index contributed by atoms with van der Waals surface area (Å²) >= 11 is 1.65. The van der Waals surface area contributed by atoms with Crippen molar-refractivity contribution < 1.29 is 4.79 Å². The number of carbonyl (C=O) groups excluding carboxylic acids is 1. The summed E-state index contributed by atoms with van der Waals surface area (Å²) in [5, 5.41) is 3.19. The average Bonchev–Trinajstić information content (AvgIpc) is 2.52. The van der Waals surface area contributed by atoms with Gasteiger partial charge < -0.3 is 10.2 Å². The van der Waals surface area contributed by atoms with E-state index in [1.807, 2.05) is 37.6 Å². The van der Waals surface area contributed by atoms with Crippen molar-refractivity contribution in [3.05, 3.63) is 29.8 Å². The number of likely N-dealkylation sites (tertiary alicyclic amines) is 1. The van der Waals surface area contributed by atoms with E-state index in [0.717, 1.165) is 42.8 Å². The van der Waals surface area contributed by atoms with Gasteiger partial charge in [0, 0.05) is 17.5 Å². The van der Waals surface area contributed by atoms with Crippen molar-refractivity contribution in [2.24, 2.45) is 0 Å². The maximum absolute atomic E-state index is 12.8. The first-order valence-electron chi connectivity index (χ1n) is 7.36. The van der Waals surface area contributed by atoms with Crippen molar-refractivity contribution in [3.8, 4) is 0 Å². The number of nitrogens with one attached hydrogen (secondary N) is 1. The molecule has 1 unspecified atom stereocenters. The molecular weight excluding hydrogens is 268 g/mol. The minimum Gasteiger partial charge on any atom is -0.336 e. The van der Waals surface area contributed by atoms with E-state index in [2.05, 4.69) is 10.2 Å². The van der Waals surface area contributed by atoms with E-state index in [4.69, 9.17) is 0 Å². The number of piperidine rings is 1. The lowest BCUT2D eigenvalue weighted by atomic mass is 9.98. The molecule has 4 heteroatoms. The van der Waals surface area contributed by atoms with Crippen LogP contribution in [0.25, 0.3) is 0 Å². The molecule has 0 aromatic heterocycles. The van der Waals surface area contributed by atoms with E-state index in [-0.39, 0.29) is 5.91 Å². The van der Waals surface area contributed by atoms with Crippen LogP contribution in [0.5, 0.6) is 0 Å². The zero-order chi connectivity index (χ0) is 14.4. The zero-order valence-corrected chi connectivity index (χ0v) is 13.2. The number of thioether (sulfide) groups is 1. The number of benzene rings is 1. The van der Waals surface area contributed by atoms with Crippen molar-refractivity contribution in [1.29, 1.82) is 0 Å². The first kappa shape index (κ1) is 15.4. The van der Waals surface area contributed by atoms with Gasteiger partial charge in [-0.1, -0.05) is 12.1 Å². The third-order valence-electron chi connectivity index (χ3n) is 3.95. The average molecular weight is 292 g/mol. The molecule has 1 saturated heterocycles. The maximum Gasteiger partial charge on any atom is 0.255 e. The second-order valence-corrected chi connectivity index (χ2v) is 6.09. The smallest absolute Gasteiger partial charge is 0.255 e. The van der Waals surface area contributed by atoms with Crippen LogP contribution in [0.2, 0.25) is 0 Å². The van der Waals surface area contributed by atoms with Gasteiger partial charge in [0.15, 0.2) is 0 Å². The Morgan fingerprint density at radius 2 is 2.20 bits per heavy atom. The quantitative estimate of drug-likeness (QED) is 0.847. The zero-order valence-electron chi connectivity index (χ0n) is 12.4. The van der Waals surface area contributed by atoms with E-state index < -0.39 is 0 Å². The number of carbonyl (C=O) groups is 1. The van der Waals surface area contributed by atoms with Crippen molar-refractivity contribution in [2.45, 2.75) is 36.6 Å². The predicted octanol–water partition coefficient (Wildman–Crippen LogP) is 3.01. The molecular formula is C16H24N2OS. The van der Waals surface area contributed by atoms with Crippen LogP contribution in [0.3, 0.4) is 0 Å². The topological polar surface area (TPSA) is 32.3 Å². The molecule has 0 bridgehead atoms. The molecule has 1 atom stereocenters. The van der Waals surface area contributed by atoms with E-state index in [9.17, 15) is 4.79 Å². The standard InChI is InChI=1S/C16H24N2OS/c1-17-11-10-13-7-5-6-12-18(13)16(19)14-8-3-4-9-15(14)20-2/h3-4,8-9,13,17H,5-7,10-12H2,1-2H3. The Bertz CT molecular complexity index is 450. The van der Waals surface area contributed by atoms with Gasteiger partial charge in [-0.25, -0.2) is 0 Å². The molecule has 0 radical (unpaired) electrons. The summed E-state index contributed by atoms with van der Waals surface area (Å²) in [5.74, 6) is 0.204. The lowest BCUT2D eigenvalue weighted by Gasteiger charge is -2.36. The van der Waals surface area contributed by atoms with E-state index >= 15 is 0 Å². The second kappa shape index (κ2) is 7.70. The molecule has 0 aliphatic carbocycles. The van der Waals surface area contributed by atoms with Gasteiger partial charge in [0.25, 0.3) is 5.91 Å². The second-order valence-electron chi connectivity index (χ2n) is 5.24. The Hall–Kier alpha value is -1.00. The molecule has 1 N–H and O–H groups in total. The molecule has 1 heterocycles. The monoisotopic (exact) mass is 292 g/mol. The van der Waals surface area contributed by atoms with Crippen LogP contribution >= 0.6 is 11.8 Å². The van der Waals surface area contributed by atoms with Crippen LogP contribution in [0, 0.1) is 0 Å². The number of nitrogens with zero attached hydrogens (tertiary/aromatic N) is 1. The molecule has 1 aliphatic heterocycles. The Morgan fingerprint density at radius 3 is 2.95 bits per heavy atom. The summed E-state index contributed by atoms with van der Waals surface area (Å²) in [4.78, 5) is 16.0. The highest BCUT2D eigenvalue weighted by Crippen LogP contribution is 2.26. The molecule has 1 aromatic rings. The van der Waals surface area contributed by atoms with Crippen LogP contribution in [0.15, 0.2) is 29.2 Å². The van der Waals surface area contributed by atoms with Gasteiger partial charge in [0.2, 0.25) is 0 Å². The molecule has 2 rings (SSSR count). The lowest BCUT2D eigenvalue weighted by Crippen LogP contribution is -2.44. The van der Waals surface area contributed by atoms with Crippen molar-refractivity contribution in [1.82, 2.24) is 10.2 Å². The summed E-state index contributed by atoms with van der Waals surface area (Å²) in [6, 6.07) is 8.33. The third kappa shape index (κ3) is 3.55. The normalized spacial score (nSPS) is 19.1. The van der Waals surface area contributed by atoms with Crippen LogP contribution in [0.4, 0.5) is 0 Å². The van der Waals surface area contributed by atoms with E-state index in [0.29, 0.717) is 6.04 Å². The van der Waals surface area contributed by atoms with Gasteiger partial charge in [-0.3, -0.25) is 4.79 Å². The molecule has 20 heavy (non-hydrogen) atoms. The van der Waals surface area contributed by atoms with Crippen LogP contribution < -0.4 is 5.32 Å². The van der Waals surface area contributed by atoms with Crippen molar-refractivity contribution >= 4 is 17.7 Å². The maximum atomic E-state index is 12.8. The highest BCUT2D eigenvalue weighted by molar-refractivity contribution is 7.98. The van der Waals surface area contributed by atoms with Gasteiger partial charge in [0.1, 0.15) is 0 Å². The number of hydrogen-bond donors (Lipinski definition) is 1. The van der Waals surface area contributed by atoms with Gasteiger partial charge >= 0.3 is 0 Å². The summed E-state index contributed by atoms with van der Waals surface area (Å²) in [6.45, 7) is 1.87. The predicted molar refractivity (Wildman–Crippen MR) is 85.4 cm³/mol. The minimum absolute atomic E-state index is 0.204. The Kier molecular flexibility index (Phi) is 5.92. The third-order valence-corrected chi connectivity index (χ3v) is 4.75. The Labute approximate surface area is 126 Å². The molecule has 1 amide bonds. The van der Waals surface area contributed by atoms with Gasteiger partial charge in [-0.2, -0.15) is 0 Å². The molecule has 1 fully saturated rings. The Balaban J connectivity index is 2.16. The Morgan fingerprint density at radius 1 is 1.40 bits per heavy atom. The highest BCUT2D eigenvalue weighted by Gasteiger charge is 2.27. The first-order chi connectivity index (χ1) is 9.77. The molecule has 3 nitrogen and oxygen atoms in total. The van der Waals surface area contributed by atoms with Crippen LogP contribution in [0.1, 0.15) is 36.0 Å². The van der Waals surface area contributed by atoms with E-state index in [1.54, 1.807) is 11.8 Å². The fraction of sp³-hybridized carbons (Fsp3) is 0.562. The molecule has 0 spiro atoms. The summed E-state index contributed by atoms with van der Waals surface area (Å²) in [6.07, 6.45) is 6.57. The number of hydrogen-bond acceptors (Lipinski definition) is 3. The van der Waals surface area contributed by atoms with Gasteiger partial charge in [-0.05, 0) is 57.7 Å². The molecule has 0 saturated carbocycles. The fourth-order valence-electron chi connectivity index (χ4n) is 2.86. The van der Waals surface area contributed by atoms with E-state index in [1.165, 1.54) is 6.42 Å². The van der Waals surface area contributed by atoms with Gasteiger partial charge in [0.05, 0.1) is 5.56 Å². The largest absolute Gasteiger partial charge is 0.336 e. The van der Waals surface area contributed by atoms with Crippen molar-refractivity contribution in [3.63, 3.8) is 0 Å². The van der Waals surface area contributed by atoms with Crippen molar-refractivity contribution in [2.75, 3.05) is 26.4 Å². The SMILES string of the molecule is CNCCC1CCCCN1C(=O)c1ccccc1SC. The first-order valence-corrected chi connectivity index (χ1v) is 8.59. The summed E-state index contributed by atoms with van der Waals surface area (Å²) in [7, 11) is 1.97. The lowest BCUT2D eigenvalue weighted by molar-refractivity contribution is 0.0599. The highest BCUT2D eigenvalue weighted by atomic mass is 32.2.